The Morgan fingerprint density at radius 2 is 2.00 bits per heavy atom. The quantitative estimate of drug-likeness (QED) is 0.793. The summed E-state index contributed by atoms with van der Waals surface area (Å²) < 4.78 is 0. The van der Waals surface area contributed by atoms with E-state index in [-0.39, 0.29) is 0 Å². The number of benzene rings is 1. The van der Waals surface area contributed by atoms with Gasteiger partial charge in [-0.3, -0.25) is 0 Å². The van der Waals surface area contributed by atoms with E-state index < -0.39 is 0 Å². The number of imidazole rings is 1. The predicted molar refractivity (Wildman–Crippen MR) is 56.9 cm³/mol. The summed E-state index contributed by atoms with van der Waals surface area (Å²) in [6, 6.07) is 7.58. The first-order valence-corrected chi connectivity index (χ1v) is 4.67. The second-order valence-corrected chi connectivity index (χ2v) is 3.39. The second-order valence-electron chi connectivity index (χ2n) is 2.95. The van der Waals surface area contributed by atoms with Crippen molar-refractivity contribution in [3.05, 3.63) is 41.3 Å². The molecule has 0 aliphatic heterocycles. The number of hydrogen-bond acceptors (Lipinski definition) is 2. The molecule has 0 unspecified atom stereocenters. The average molecular weight is 208 g/mol. The van der Waals surface area contributed by atoms with Crippen molar-refractivity contribution in [2.75, 3.05) is 0 Å². The van der Waals surface area contributed by atoms with Gasteiger partial charge in [-0.25, -0.2) is 4.98 Å². The minimum Gasteiger partial charge on any atom is -0.341 e. The summed E-state index contributed by atoms with van der Waals surface area (Å²) in [7, 11) is 0. The summed E-state index contributed by atoms with van der Waals surface area (Å²) in [5.41, 5.74) is 7.47. The van der Waals surface area contributed by atoms with Crippen LogP contribution in [0.1, 0.15) is 5.82 Å². The first kappa shape index (κ1) is 9.24. The molecule has 3 nitrogen and oxygen atoms in total. The summed E-state index contributed by atoms with van der Waals surface area (Å²) in [5.74, 6) is 0.787. The molecule has 2 rings (SSSR count). The largest absolute Gasteiger partial charge is 0.341 e. The van der Waals surface area contributed by atoms with Gasteiger partial charge in [-0.2, -0.15) is 0 Å². The maximum Gasteiger partial charge on any atom is 0.120 e. The van der Waals surface area contributed by atoms with Crippen molar-refractivity contribution < 1.29 is 0 Å². The number of rotatable bonds is 2. The van der Waals surface area contributed by atoms with Crippen LogP contribution in [0.2, 0.25) is 5.02 Å². The van der Waals surface area contributed by atoms with Crippen LogP contribution in [0.15, 0.2) is 30.5 Å². The normalized spacial score (nSPS) is 10.4. The Labute approximate surface area is 86.9 Å². The van der Waals surface area contributed by atoms with Crippen LogP contribution in [-0.2, 0) is 6.54 Å². The summed E-state index contributed by atoms with van der Waals surface area (Å²) in [6.45, 7) is 0.424. The molecule has 4 heteroatoms. The van der Waals surface area contributed by atoms with E-state index in [2.05, 4.69) is 9.97 Å². The maximum absolute atomic E-state index is 5.79. The minimum absolute atomic E-state index is 0.424. The topological polar surface area (TPSA) is 54.7 Å². The molecule has 1 heterocycles. The minimum atomic E-state index is 0.424. The Hall–Kier alpha value is -1.32. The van der Waals surface area contributed by atoms with E-state index in [1.54, 1.807) is 6.20 Å². The Kier molecular flexibility index (Phi) is 2.52. The van der Waals surface area contributed by atoms with E-state index >= 15 is 0 Å². The molecular formula is C10H10ClN3. The molecule has 2 aromatic rings. The first-order valence-electron chi connectivity index (χ1n) is 4.29. The molecule has 1 aromatic heterocycles. The van der Waals surface area contributed by atoms with E-state index in [0.717, 1.165) is 22.1 Å². The molecule has 0 amide bonds. The molecule has 0 aliphatic carbocycles. The number of halogens is 1. The van der Waals surface area contributed by atoms with E-state index in [9.17, 15) is 0 Å². The van der Waals surface area contributed by atoms with Crippen molar-refractivity contribution in [2.24, 2.45) is 5.73 Å². The molecule has 14 heavy (non-hydrogen) atoms. The number of hydrogen-bond donors (Lipinski definition) is 2. The van der Waals surface area contributed by atoms with Crippen LogP contribution < -0.4 is 5.73 Å². The van der Waals surface area contributed by atoms with Gasteiger partial charge in [0.25, 0.3) is 0 Å². The van der Waals surface area contributed by atoms with E-state index in [1.165, 1.54) is 0 Å². The van der Waals surface area contributed by atoms with Crippen molar-refractivity contribution in [3.63, 3.8) is 0 Å². The third kappa shape index (κ3) is 1.78. The Morgan fingerprint density at radius 1 is 1.29 bits per heavy atom. The molecular weight excluding hydrogens is 198 g/mol. The zero-order valence-corrected chi connectivity index (χ0v) is 8.25. The number of nitrogens with one attached hydrogen (secondary N) is 1. The van der Waals surface area contributed by atoms with Gasteiger partial charge in [0, 0.05) is 5.02 Å². The molecule has 1 aromatic carbocycles. The number of aromatic nitrogens is 2. The van der Waals surface area contributed by atoms with E-state index in [4.69, 9.17) is 17.3 Å². The lowest BCUT2D eigenvalue weighted by Crippen LogP contribution is -1.97. The van der Waals surface area contributed by atoms with Crippen LogP contribution in [-0.4, -0.2) is 9.97 Å². The monoisotopic (exact) mass is 207 g/mol. The summed E-state index contributed by atoms with van der Waals surface area (Å²) in [4.78, 5) is 7.24. The average Bonchev–Trinajstić information content (AvgIpc) is 2.67. The lowest BCUT2D eigenvalue weighted by molar-refractivity contribution is 0.950. The van der Waals surface area contributed by atoms with Crippen molar-refractivity contribution in [1.82, 2.24) is 9.97 Å². The van der Waals surface area contributed by atoms with Crippen LogP contribution in [0.3, 0.4) is 0 Å². The predicted octanol–water partition coefficient (Wildman–Crippen LogP) is 2.19. The summed E-state index contributed by atoms with van der Waals surface area (Å²) in [6.07, 6.45) is 1.77. The number of nitrogens with two attached hydrogens (primary N) is 1. The van der Waals surface area contributed by atoms with Crippen LogP contribution in [0.25, 0.3) is 11.3 Å². The van der Waals surface area contributed by atoms with Gasteiger partial charge in [0.2, 0.25) is 0 Å². The van der Waals surface area contributed by atoms with Crippen LogP contribution in [0.5, 0.6) is 0 Å². The Bertz CT molecular complexity index is 419. The van der Waals surface area contributed by atoms with Crippen LogP contribution in [0, 0.1) is 0 Å². The second kappa shape index (κ2) is 3.82. The van der Waals surface area contributed by atoms with Gasteiger partial charge in [0.05, 0.1) is 18.4 Å². The van der Waals surface area contributed by atoms with Gasteiger partial charge in [0.1, 0.15) is 5.82 Å². The fraction of sp³-hybridized carbons (Fsp3) is 0.100. The van der Waals surface area contributed by atoms with Crippen molar-refractivity contribution >= 4 is 11.6 Å². The van der Waals surface area contributed by atoms with Crippen molar-refractivity contribution in [3.8, 4) is 11.3 Å². The number of aromatic amines is 1. The highest BCUT2D eigenvalue weighted by atomic mass is 35.5. The zero-order valence-electron chi connectivity index (χ0n) is 7.50. The lowest BCUT2D eigenvalue weighted by Gasteiger charge is -1.96. The maximum atomic E-state index is 5.79. The lowest BCUT2D eigenvalue weighted by atomic mass is 10.2. The van der Waals surface area contributed by atoms with Crippen molar-refractivity contribution in [1.29, 1.82) is 0 Å². The third-order valence-corrected chi connectivity index (χ3v) is 2.23. The molecule has 0 aliphatic rings. The smallest absolute Gasteiger partial charge is 0.120 e. The molecule has 0 spiro atoms. The van der Waals surface area contributed by atoms with Crippen LogP contribution in [0.4, 0.5) is 0 Å². The van der Waals surface area contributed by atoms with E-state index in [1.807, 2.05) is 24.3 Å². The molecule has 3 N–H and O–H groups in total. The first-order chi connectivity index (χ1) is 6.79. The van der Waals surface area contributed by atoms with Gasteiger partial charge in [-0.05, 0) is 17.7 Å². The molecule has 0 atom stereocenters. The molecule has 0 saturated heterocycles. The highest BCUT2D eigenvalue weighted by Crippen LogP contribution is 2.19. The molecule has 72 valence electrons. The fourth-order valence-corrected chi connectivity index (χ4v) is 1.37. The molecule has 0 bridgehead atoms. The number of H-pyrrole nitrogens is 1. The summed E-state index contributed by atoms with van der Waals surface area (Å²) in [5, 5.41) is 0.729. The highest BCUT2D eigenvalue weighted by Gasteiger charge is 2.01. The van der Waals surface area contributed by atoms with Gasteiger partial charge in [-0.15, -0.1) is 0 Å². The number of nitrogens with zero attached hydrogens (tertiary/aromatic N) is 1. The van der Waals surface area contributed by atoms with E-state index in [0.29, 0.717) is 6.54 Å². The van der Waals surface area contributed by atoms with Crippen LogP contribution >= 0.6 is 11.6 Å². The third-order valence-electron chi connectivity index (χ3n) is 1.98. The summed E-state index contributed by atoms with van der Waals surface area (Å²) >= 11 is 5.79. The molecule has 0 fully saturated rings. The molecule has 0 saturated carbocycles. The Morgan fingerprint density at radius 3 is 2.57 bits per heavy atom. The van der Waals surface area contributed by atoms with Gasteiger partial charge in [-0.1, -0.05) is 23.7 Å². The van der Waals surface area contributed by atoms with Gasteiger partial charge < -0.3 is 10.7 Å². The SMILES string of the molecule is NCc1ncc(-c2ccc(Cl)cc2)[nH]1. The standard InChI is InChI=1S/C10H10ClN3/c11-8-3-1-7(2-4-8)9-6-13-10(5-12)14-9/h1-4,6H,5,12H2,(H,13,14). The zero-order chi connectivity index (χ0) is 9.97. The molecule has 0 radical (unpaired) electrons. The van der Waals surface area contributed by atoms with Gasteiger partial charge >= 0.3 is 0 Å². The fourth-order valence-electron chi connectivity index (χ4n) is 1.24. The van der Waals surface area contributed by atoms with Crippen molar-refractivity contribution in [2.45, 2.75) is 6.54 Å². The highest BCUT2D eigenvalue weighted by molar-refractivity contribution is 6.30. The Balaban J connectivity index is 2.34. The van der Waals surface area contributed by atoms with Gasteiger partial charge in [0.15, 0.2) is 0 Å².